The van der Waals surface area contributed by atoms with Crippen LogP contribution in [0.15, 0.2) is 6.20 Å². The Hall–Kier alpha value is -1.03. The molecule has 1 aliphatic carbocycles. The first-order valence-corrected chi connectivity index (χ1v) is 6.59. The van der Waals surface area contributed by atoms with Crippen molar-refractivity contribution in [1.82, 2.24) is 9.97 Å². The van der Waals surface area contributed by atoms with E-state index in [0.717, 1.165) is 12.4 Å². The van der Waals surface area contributed by atoms with Gasteiger partial charge in [-0.05, 0) is 19.8 Å². The molecule has 5 heteroatoms. The monoisotopic (exact) mass is 254 g/mol. The van der Waals surface area contributed by atoms with E-state index in [4.69, 9.17) is 11.6 Å². The van der Waals surface area contributed by atoms with Crippen molar-refractivity contribution < 1.29 is 0 Å². The van der Waals surface area contributed by atoms with Crippen molar-refractivity contribution in [1.29, 1.82) is 0 Å². The van der Waals surface area contributed by atoms with Crippen LogP contribution in [0.4, 0.5) is 11.8 Å². The van der Waals surface area contributed by atoms with Crippen LogP contribution in [-0.2, 0) is 0 Å². The zero-order valence-corrected chi connectivity index (χ0v) is 11.2. The van der Waals surface area contributed by atoms with Crippen LogP contribution >= 0.6 is 11.6 Å². The highest BCUT2D eigenvalue weighted by Gasteiger charge is 2.22. The number of nitrogens with zero attached hydrogens (tertiary/aromatic N) is 3. The smallest absolute Gasteiger partial charge is 0.224 e. The summed E-state index contributed by atoms with van der Waals surface area (Å²) in [6.45, 7) is 2.84. The molecule has 0 aromatic carbocycles. The molecule has 94 valence electrons. The molecule has 2 rings (SSSR count). The molecule has 4 nitrogen and oxygen atoms in total. The van der Waals surface area contributed by atoms with Crippen LogP contribution in [0.25, 0.3) is 0 Å². The summed E-state index contributed by atoms with van der Waals surface area (Å²) in [7, 11) is 2.07. The van der Waals surface area contributed by atoms with Gasteiger partial charge < -0.3 is 10.2 Å². The Kier molecular flexibility index (Phi) is 4.05. The van der Waals surface area contributed by atoms with Gasteiger partial charge in [-0.3, -0.25) is 0 Å². The van der Waals surface area contributed by atoms with Crippen molar-refractivity contribution in [3.8, 4) is 0 Å². The van der Waals surface area contributed by atoms with Crippen LogP contribution in [0.1, 0.15) is 32.6 Å². The summed E-state index contributed by atoms with van der Waals surface area (Å²) in [6.07, 6.45) is 6.74. The Morgan fingerprint density at radius 1 is 1.47 bits per heavy atom. The molecule has 0 saturated heterocycles. The Balaban J connectivity index is 2.19. The first kappa shape index (κ1) is 12.4. The van der Waals surface area contributed by atoms with Crippen LogP contribution in [0.3, 0.4) is 0 Å². The molecule has 0 aliphatic heterocycles. The van der Waals surface area contributed by atoms with E-state index in [-0.39, 0.29) is 0 Å². The first-order valence-electron chi connectivity index (χ1n) is 6.21. The van der Waals surface area contributed by atoms with Gasteiger partial charge >= 0.3 is 0 Å². The Bertz CT molecular complexity index is 377. The topological polar surface area (TPSA) is 41.1 Å². The van der Waals surface area contributed by atoms with E-state index < -0.39 is 0 Å². The van der Waals surface area contributed by atoms with Gasteiger partial charge in [0.05, 0.1) is 6.20 Å². The highest BCUT2D eigenvalue weighted by atomic mass is 35.5. The maximum atomic E-state index is 6.18. The SMILES string of the molecule is CCNc1ncc(Cl)c(N(C)C2CCCC2)n1. The zero-order valence-electron chi connectivity index (χ0n) is 10.4. The lowest BCUT2D eigenvalue weighted by molar-refractivity contribution is 0.646. The van der Waals surface area contributed by atoms with Gasteiger partial charge in [-0.25, -0.2) is 4.98 Å². The summed E-state index contributed by atoms with van der Waals surface area (Å²) in [5.74, 6) is 1.49. The van der Waals surface area contributed by atoms with Gasteiger partial charge in [0, 0.05) is 19.6 Å². The lowest BCUT2D eigenvalue weighted by Gasteiger charge is -2.26. The molecule has 1 saturated carbocycles. The largest absolute Gasteiger partial charge is 0.355 e. The van der Waals surface area contributed by atoms with Crippen LogP contribution in [0.5, 0.6) is 0 Å². The van der Waals surface area contributed by atoms with E-state index in [2.05, 4.69) is 27.2 Å². The number of aromatic nitrogens is 2. The van der Waals surface area contributed by atoms with Crippen LogP contribution in [0, 0.1) is 0 Å². The highest BCUT2D eigenvalue weighted by molar-refractivity contribution is 6.32. The molecule has 1 aromatic rings. The van der Waals surface area contributed by atoms with E-state index in [1.807, 2.05) is 6.92 Å². The number of nitrogens with one attached hydrogen (secondary N) is 1. The summed E-state index contributed by atoms with van der Waals surface area (Å²) in [5.41, 5.74) is 0. The molecule has 17 heavy (non-hydrogen) atoms. The van der Waals surface area contributed by atoms with Gasteiger partial charge in [-0.15, -0.1) is 0 Å². The maximum Gasteiger partial charge on any atom is 0.224 e. The van der Waals surface area contributed by atoms with Crippen LogP contribution < -0.4 is 10.2 Å². The highest BCUT2D eigenvalue weighted by Crippen LogP contribution is 2.30. The fourth-order valence-electron chi connectivity index (χ4n) is 2.31. The summed E-state index contributed by atoms with van der Waals surface area (Å²) in [5, 5.41) is 3.74. The molecule has 0 bridgehead atoms. The van der Waals surface area contributed by atoms with Crippen molar-refractivity contribution in [3.05, 3.63) is 11.2 Å². The maximum absolute atomic E-state index is 6.18. The molecular formula is C12H19ClN4. The summed E-state index contributed by atoms with van der Waals surface area (Å²) in [4.78, 5) is 10.8. The molecule has 1 aliphatic rings. The summed E-state index contributed by atoms with van der Waals surface area (Å²) < 4.78 is 0. The van der Waals surface area contributed by atoms with Gasteiger partial charge in [0.15, 0.2) is 5.82 Å². The predicted molar refractivity (Wildman–Crippen MR) is 71.9 cm³/mol. The van der Waals surface area contributed by atoms with Crippen LogP contribution in [-0.4, -0.2) is 29.6 Å². The second-order valence-electron chi connectivity index (χ2n) is 4.44. The number of hydrogen-bond acceptors (Lipinski definition) is 4. The van der Waals surface area contributed by atoms with E-state index in [1.54, 1.807) is 6.20 Å². The minimum atomic E-state index is 0.567. The molecule has 1 heterocycles. The molecule has 1 aromatic heterocycles. The average molecular weight is 255 g/mol. The van der Waals surface area contributed by atoms with E-state index in [1.165, 1.54) is 25.7 Å². The normalized spacial score (nSPS) is 16.2. The van der Waals surface area contributed by atoms with Crippen molar-refractivity contribution in [2.45, 2.75) is 38.6 Å². The molecule has 0 unspecified atom stereocenters. The minimum absolute atomic E-state index is 0.567. The molecule has 1 N–H and O–H groups in total. The van der Waals surface area contributed by atoms with Crippen molar-refractivity contribution >= 4 is 23.4 Å². The van der Waals surface area contributed by atoms with Crippen molar-refractivity contribution in [3.63, 3.8) is 0 Å². The molecule has 0 amide bonds. The Labute approximate surface area is 107 Å². The number of rotatable bonds is 4. The van der Waals surface area contributed by atoms with E-state index in [9.17, 15) is 0 Å². The predicted octanol–water partition coefficient (Wildman–Crippen LogP) is 2.94. The lowest BCUT2D eigenvalue weighted by Crippen LogP contribution is -2.30. The third-order valence-electron chi connectivity index (χ3n) is 3.27. The number of halogens is 1. The molecule has 0 atom stereocenters. The van der Waals surface area contributed by atoms with Gasteiger partial charge in [0.2, 0.25) is 5.95 Å². The van der Waals surface area contributed by atoms with E-state index >= 15 is 0 Å². The summed E-state index contributed by atoms with van der Waals surface area (Å²) in [6, 6.07) is 0.567. The number of hydrogen-bond donors (Lipinski definition) is 1. The Morgan fingerprint density at radius 3 is 2.82 bits per heavy atom. The van der Waals surface area contributed by atoms with Gasteiger partial charge in [-0.2, -0.15) is 4.98 Å². The third-order valence-corrected chi connectivity index (χ3v) is 3.53. The number of anilines is 2. The Morgan fingerprint density at radius 2 is 2.18 bits per heavy atom. The molecule has 0 spiro atoms. The average Bonchev–Trinajstić information content (AvgIpc) is 2.85. The first-order chi connectivity index (χ1) is 8.22. The van der Waals surface area contributed by atoms with Crippen molar-refractivity contribution in [2.24, 2.45) is 0 Å². The fraction of sp³-hybridized carbons (Fsp3) is 0.667. The molecule has 0 radical (unpaired) electrons. The van der Waals surface area contributed by atoms with E-state index in [0.29, 0.717) is 17.0 Å². The van der Waals surface area contributed by atoms with Crippen LogP contribution in [0.2, 0.25) is 5.02 Å². The second kappa shape index (κ2) is 5.54. The fourth-order valence-corrected chi connectivity index (χ4v) is 2.54. The minimum Gasteiger partial charge on any atom is -0.355 e. The van der Waals surface area contributed by atoms with Crippen molar-refractivity contribution in [2.75, 3.05) is 23.8 Å². The van der Waals surface area contributed by atoms with Gasteiger partial charge in [-0.1, -0.05) is 24.4 Å². The lowest BCUT2D eigenvalue weighted by atomic mass is 10.2. The molecule has 1 fully saturated rings. The standard InChI is InChI=1S/C12H19ClN4/c1-3-14-12-15-8-10(13)11(16-12)17(2)9-6-4-5-7-9/h8-9H,3-7H2,1-2H3,(H,14,15,16). The van der Waals surface area contributed by atoms with Gasteiger partial charge in [0.25, 0.3) is 0 Å². The quantitative estimate of drug-likeness (QED) is 0.897. The second-order valence-corrected chi connectivity index (χ2v) is 4.85. The molecular weight excluding hydrogens is 236 g/mol. The summed E-state index contributed by atoms with van der Waals surface area (Å²) >= 11 is 6.18. The van der Waals surface area contributed by atoms with Gasteiger partial charge in [0.1, 0.15) is 5.02 Å². The third kappa shape index (κ3) is 2.80. The zero-order chi connectivity index (χ0) is 12.3.